The summed E-state index contributed by atoms with van der Waals surface area (Å²) in [4.78, 5) is 11.8. The van der Waals surface area contributed by atoms with E-state index in [2.05, 4.69) is 6.58 Å². The number of rotatable bonds is 10. The van der Waals surface area contributed by atoms with Crippen LogP contribution in [-0.4, -0.2) is 48.7 Å². The molecule has 0 aromatic carbocycles. The van der Waals surface area contributed by atoms with Gasteiger partial charge in [0.2, 0.25) is 10.5 Å². The van der Waals surface area contributed by atoms with E-state index in [1.54, 1.807) is 0 Å². The molecule has 106 valence electrons. The van der Waals surface area contributed by atoms with Crippen molar-refractivity contribution in [2.75, 3.05) is 26.4 Å². The number of hydrogen-bond acceptors (Lipinski definition) is 5. The molecule has 0 aromatic heterocycles. The van der Waals surface area contributed by atoms with Gasteiger partial charge in [0, 0.05) is 19.6 Å². The van der Waals surface area contributed by atoms with Gasteiger partial charge in [-0.05, 0) is 20.8 Å². The molecule has 0 amide bonds. The highest BCUT2D eigenvalue weighted by Gasteiger charge is 2.41. The van der Waals surface area contributed by atoms with E-state index in [0.717, 1.165) is 5.57 Å². The SMILES string of the molecule is C=C(C)COCCC(OCC)(OCC)C(=O)O[SiH3]. The van der Waals surface area contributed by atoms with Gasteiger partial charge in [0.25, 0.3) is 5.79 Å². The quantitative estimate of drug-likeness (QED) is 0.253. The third kappa shape index (κ3) is 5.77. The Kier molecular flexibility index (Phi) is 8.91. The largest absolute Gasteiger partial charge is 0.525 e. The van der Waals surface area contributed by atoms with E-state index < -0.39 is 11.8 Å². The highest BCUT2D eigenvalue weighted by atomic mass is 28.2. The second-order valence-corrected chi connectivity index (χ2v) is 4.28. The van der Waals surface area contributed by atoms with Gasteiger partial charge in [-0.25, -0.2) is 4.79 Å². The van der Waals surface area contributed by atoms with Crippen LogP contribution in [0.3, 0.4) is 0 Å². The van der Waals surface area contributed by atoms with Crippen LogP contribution >= 0.6 is 0 Å². The molecule has 0 N–H and O–H groups in total. The summed E-state index contributed by atoms with van der Waals surface area (Å²) in [6.07, 6.45) is 0.309. The molecule has 0 saturated carbocycles. The Balaban J connectivity index is 4.51. The van der Waals surface area contributed by atoms with Gasteiger partial charge in [-0.15, -0.1) is 0 Å². The monoisotopic (exact) mass is 276 g/mol. The molecule has 0 heterocycles. The van der Waals surface area contributed by atoms with Crippen molar-refractivity contribution in [2.45, 2.75) is 33.0 Å². The lowest BCUT2D eigenvalue weighted by Gasteiger charge is -2.30. The maximum atomic E-state index is 11.8. The summed E-state index contributed by atoms with van der Waals surface area (Å²) in [5, 5.41) is 0. The molecule has 0 bridgehead atoms. The van der Waals surface area contributed by atoms with Gasteiger partial charge in [-0.1, -0.05) is 12.2 Å². The Morgan fingerprint density at radius 3 is 2.22 bits per heavy atom. The van der Waals surface area contributed by atoms with Crippen LogP contribution in [0.25, 0.3) is 0 Å². The Labute approximate surface area is 112 Å². The molecule has 0 saturated heterocycles. The number of ether oxygens (including phenoxy) is 3. The molecular formula is C12H24O5Si. The van der Waals surface area contributed by atoms with Crippen LogP contribution in [0.15, 0.2) is 12.2 Å². The Morgan fingerprint density at radius 1 is 1.28 bits per heavy atom. The zero-order chi connectivity index (χ0) is 14.0. The number of carbonyl (C=O) groups excluding carboxylic acids is 1. The number of hydrogen-bond donors (Lipinski definition) is 0. The van der Waals surface area contributed by atoms with Crippen molar-refractivity contribution < 1.29 is 23.4 Å². The predicted octanol–water partition coefficient (Wildman–Crippen LogP) is 0.562. The van der Waals surface area contributed by atoms with Gasteiger partial charge < -0.3 is 18.6 Å². The summed E-state index contributed by atoms with van der Waals surface area (Å²) >= 11 is 0. The average Bonchev–Trinajstić information content (AvgIpc) is 2.33. The lowest BCUT2D eigenvalue weighted by Crippen LogP contribution is -2.46. The van der Waals surface area contributed by atoms with Gasteiger partial charge in [-0.2, -0.15) is 0 Å². The first-order valence-corrected chi connectivity index (χ1v) is 6.92. The zero-order valence-electron chi connectivity index (χ0n) is 11.8. The van der Waals surface area contributed by atoms with Crippen LogP contribution in [0.2, 0.25) is 0 Å². The molecule has 18 heavy (non-hydrogen) atoms. The van der Waals surface area contributed by atoms with Crippen LogP contribution in [0.5, 0.6) is 0 Å². The molecule has 0 aliphatic rings. The summed E-state index contributed by atoms with van der Waals surface area (Å²) < 4.78 is 21.2. The lowest BCUT2D eigenvalue weighted by molar-refractivity contribution is -0.244. The van der Waals surface area contributed by atoms with E-state index in [4.69, 9.17) is 18.6 Å². The highest BCUT2D eigenvalue weighted by Crippen LogP contribution is 2.20. The molecule has 0 aliphatic heterocycles. The summed E-state index contributed by atoms with van der Waals surface area (Å²) in [6.45, 7) is 10.8. The van der Waals surface area contributed by atoms with E-state index in [0.29, 0.717) is 43.3 Å². The minimum Gasteiger partial charge on any atom is -0.525 e. The topological polar surface area (TPSA) is 54.0 Å². The van der Waals surface area contributed by atoms with Crippen molar-refractivity contribution >= 4 is 16.5 Å². The van der Waals surface area contributed by atoms with Crippen LogP contribution in [0.4, 0.5) is 0 Å². The van der Waals surface area contributed by atoms with Crippen molar-refractivity contribution in [1.82, 2.24) is 0 Å². The molecule has 6 heteroatoms. The molecule has 0 aromatic rings. The predicted molar refractivity (Wildman–Crippen MR) is 72.3 cm³/mol. The van der Waals surface area contributed by atoms with E-state index in [1.807, 2.05) is 20.8 Å². The fraction of sp³-hybridized carbons (Fsp3) is 0.750. The lowest BCUT2D eigenvalue weighted by atomic mass is 10.2. The fourth-order valence-electron chi connectivity index (χ4n) is 1.48. The van der Waals surface area contributed by atoms with E-state index in [-0.39, 0.29) is 0 Å². The number of carbonyl (C=O) groups is 1. The Hall–Kier alpha value is -0.693. The molecule has 0 fully saturated rings. The molecule has 0 rings (SSSR count). The summed E-state index contributed by atoms with van der Waals surface area (Å²) in [5.41, 5.74) is 0.930. The fourth-order valence-corrected chi connectivity index (χ4v) is 1.79. The first kappa shape index (κ1) is 17.3. The smallest absolute Gasteiger partial charge is 0.353 e. The van der Waals surface area contributed by atoms with E-state index >= 15 is 0 Å². The first-order chi connectivity index (χ1) is 8.52. The molecule has 0 atom stereocenters. The maximum Gasteiger partial charge on any atom is 0.353 e. The maximum absolute atomic E-state index is 11.8. The van der Waals surface area contributed by atoms with Gasteiger partial charge in [0.1, 0.15) is 0 Å². The Morgan fingerprint density at radius 2 is 1.83 bits per heavy atom. The zero-order valence-corrected chi connectivity index (χ0v) is 13.8. The molecule has 5 nitrogen and oxygen atoms in total. The van der Waals surface area contributed by atoms with Crippen molar-refractivity contribution in [3.05, 3.63) is 12.2 Å². The van der Waals surface area contributed by atoms with Gasteiger partial charge >= 0.3 is 5.97 Å². The standard InChI is InChI=1S/C12H24O5Si/c1-5-15-12(16-6-2,11(13)17-18)7-8-14-9-10(3)4/h3,5-9H2,1-2,4,18H3. The van der Waals surface area contributed by atoms with Crippen LogP contribution in [0, 0.1) is 0 Å². The van der Waals surface area contributed by atoms with Gasteiger partial charge in [0.15, 0.2) is 0 Å². The normalized spacial score (nSPS) is 11.5. The van der Waals surface area contributed by atoms with Crippen molar-refractivity contribution in [2.24, 2.45) is 0 Å². The molecule has 0 aliphatic carbocycles. The van der Waals surface area contributed by atoms with Gasteiger partial charge in [0.05, 0.1) is 13.2 Å². The third-order valence-electron chi connectivity index (χ3n) is 2.18. The van der Waals surface area contributed by atoms with Crippen molar-refractivity contribution in [3.8, 4) is 0 Å². The highest BCUT2D eigenvalue weighted by molar-refractivity contribution is 6.06. The molecule has 0 radical (unpaired) electrons. The minimum atomic E-state index is -1.33. The molecule has 0 spiro atoms. The van der Waals surface area contributed by atoms with Gasteiger partial charge in [-0.3, -0.25) is 0 Å². The van der Waals surface area contributed by atoms with Crippen LogP contribution in [-0.2, 0) is 23.4 Å². The third-order valence-corrected chi connectivity index (χ3v) is 2.55. The van der Waals surface area contributed by atoms with Crippen LogP contribution in [0.1, 0.15) is 27.2 Å². The summed E-state index contributed by atoms with van der Waals surface area (Å²) in [6, 6.07) is 0. The average molecular weight is 276 g/mol. The summed E-state index contributed by atoms with van der Waals surface area (Å²) in [7, 11) is 0.310. The van der Waals surface area contributed by atoms with Crippen molar-refractivity contribution in [1.29, 1.82) is 0 Å². The van der Waals surface area contributed by atoms with E-state index in [1.165, 1.54) is 0 Å². The Bertz CT molecular complexity index is 261. The minimum absolute atomic E-state index is 0.309. The molecular weight excluding hydrogens is 252 g/mol. The van der Waals surface area contributed by atoms with Crippen LogP contribution < -0.4 is 0 Å². The van der Waals surface area contributed by atoms with E-state index in [9.17, 15) is 4.79 Å². The first-order valence-electron chi connectivity index (χ1n) is 6.10. The second kappa shape index (κ2) is 9.27. The summed E-state index contributed by atoms with van der Waals surface area (Å²) in [5.74, 6) is -1.81. The molecule has 0 unspecified atom stereocenters. The van der Waals surface area contributed by atoms with Crippen molar-refractivity contribution in [3.63, 3.8) is 0 Å². The second-order valence-electron chi connectivity index (χ2n) is 3.87.